The lowest BCUT2D eigenvalue weighted by Gasteiger charge is -2.21. The molecule has 0 saturated heterocycles. The van der Waals surface area contributed by atoms with Gasteiger partial charge >= 0.3 is 0 Å². The van der Waals surface area contributed by atoms with Crippen LogP contribution >= 0.6 is 67.8 Å². The summed E-state index contributed by atoms with van der Waals surface area (Å²) in [5.74, 6) is -3.62. The number of amides is 8. The number of carbonyl (C=O) groups is 8. The highest BCUT2D eigenvalue weighted by atomic mass is 127. The summed E-state index contributed by atoms with van der Waals surface area (Å²) in [5.41, 5.74) is 53.4. The fourth-order valence-corrected chi connectivity index (χ4v) is 11.7. The van der Waals surface area contributed by atoms with Crippen LogP contribution in [0.1, 0.15) is 136 Å². The van der Waals surface area contributed by atoms with Crippen LogP contribution in [0.3, 0.4) is 0 Å². The Morgan fingerprint density at radius 1 is 0.342 bits per heavy atom. The minimum absolute atomic E-state index is 0.0144. The minimum atomic E-state index is -0.951. The number of nitrogen functional groups attached to an aromatic ring is 1. The van der Waals surface area contributed by atoms with Crippen LogP contribution in [-0.2, 0) is 28.8 Å². The number of anilines is 1. The monoisotopic (exact) mass is 1410 g/mol. The fourth-order valence-electron chi connectivity index (χ4n) is 7.51. The molecule has 0 spiro atoms. The van der Waals surface area contributed by atoms with Crippen LogP contribution in [0, 0.1) is 10.7 Å². The van der Waals surface area contributed by atoms with Crippen molar-refractivity contribution >= 4 is 121 Å². The van der Waals surface area contributed by atoms with Crippen molar-refractivity contribution in [2.45, 2.75) is 152 Å². The van der Waals surface area contributed by atoms with Gasteiger partial charge in [0.15, 0.2) is 0 Å². The van der Waals surface area contributed by atoms with Crippen molar-refractivity contribution in [1.29, 1.82) is 0 Å². The number of benzene rings is 1. The maximum atomic E-state index is 13.7. The van der Waals surface area contributed by atoms with Gasteiger partial charge in [-0.2, -0.15) is 0 Å². The minimum Gasteiger partial charge on any atom is -0.397 e. The topological polar surface area (TPSA) is 467 Å². The Labute approximate surface area is 488 Å². The molecule has 0 aliphatic heterocycles. The van der Waals surface area contributed by atoms with Gasteiger partial charge in [-0.15, -0.1) is 0 Å². The number of nitrogens with one attached hydrogen (secondary N) is 8. The van der Waals surface area contributed by atoms with Gasteiger partial charge in [-0.3, -0.25) is 38.4 Å². The molecule has 25 nitrogen and oxygen atoms in total. The third-order valence-corrected chi connectivity index (χ3v) is 15.5. The van der Waals surface area contributed by atoms with E-state index >= 15 is 0 Å². The van der Waals surface area contributed by atoms with Gasteiger partial charge in [0.1, 0.15) is 12.1 Å². The van der Waals surface area contributed by atoms with E-state index in [-0.39, 0.29) is 67.6 Å². The summed E-state index contributed by atoms with van der Waals surface area (Å²) in [6.45, 7) is 2.54. The SMILES string of the molecule is NCCCCC(N)C(=O)NCCCCC(NC(=O)C(N)CCCCN)C(=O)NCCNC(=O)c1c(I)c(N)c(I)c(C(=O)NCCNC(=O)C(CCCCNC(=O)C(N)CCCCN)NC(=O)C(N)CCCCN)c1I. The molecule has 0 aromatic heterocycles. The molecule has 0 saturated carbocycles. The molecule has 26 N–H and O–H groups in total. The molecule has 28 heteroatoms. The molecule has 0 bridgehead atoms. The smallest absolute Gasteiger partial charge is 0.253 e. The van der Waals surface area contributed by atoms with E-state index in [9.17, 15) is 38.4 Å². The molecule has 0 heterocycles. The van der Waals surface area contributed by atoms with Crippen LogP contribution in [0.5, 0.6) is 0 Å². The van der Waals surface area contributed by atoms with Gasteiger partial charge in [-0.05, 0) is 184 Å². The number of hydrogen-bond acceptors (Lipinski definition) is 17. The lowest BCUT2D eigenvalue weighted by molar-refractivity contribution is -0.129. The molecule has 76 heavy (non-hydrogen) atoms. The van der Waals surface area contributed by atoms with Gasteiger partial charge in [0, 0.05) is 42.8 Å². The average Bonchev–Trinajstić information content (AvgIpc) is 3.39. The molecule has 0 radical (unpaired) electrons. The zero-order chi connectivity index (χ0) is 57.0. The van der Waals surface area contributed by atoms with Crippen LogP contribution in [-0.4, -0.2) is 149 Å². The number of carbonyl (C=O) groups excluding carboxylic acids is 8. The summed E-state index contributed by atoms with van der Waals surface area (Å²) in [5, 5.41) is 22.2. The van der Waals surface area contributed by atoms with E-state index in [1.165, 1.54) is 0 Å². The normalized spacial score (nSPS) is 13.5. The standard InChI is InChI=1S/C48H88I3N17O8/c49-37-35(47(75)65-27-25-63-45(73)33(67-43(71)31(58)15-3-9-21-54)17-5-11-23-61-41(69)29(56)13-1-7-19-52)38(50)40(60)39(51)36(37)48(76)66-28-26-64-46(74)34(68-44(72)32(59)16-4-10-22-55)18-6-12-24-62-42(70)30(57)14-2-8-20-53/h29-34H,1-28,52-60H2,(H,61,69)(H,62,70)(H,63,73)(H,64,74)(H,65,75)(H,66,76)(H,67,71)(H,68,72). The molecule has 0 aliphatic rings. The zero-order valence-corrected chi connectivity index (χ0v) is 50.3. The molecule has 6 atom stereocenters. The molecule has 0 aliphatic carbocycles. The van der Waals surface area contributed by atoms with E-state index in [0.29, 0.717) is 127 Å². The molecule has 1 aromatic carbocycles. The van der Waals surface area contributed by atoms with Crippen LogP contribution < -0.4 is 94.1 Å². The number of rotatable bonds is 42. The van der Waals surface area contributed by atoms with E-state index in [4.69, 9.17) is 51.6 Å². The van der Waals surface area contributed by atoms with Gasteiger partial charge in [0.05, 0.1) is 48.1 Å². The van der Waals surface area contributed by atoms with Crippen molar-refractivity contribution in [3.63, 3.8) is 0 Å². The average molecular weight is 1410 g/mol. The Balaban J connectivity index is 2.97. The molecule has 0 fully saturated rings. The summed E-state index contributed by atoms with van der Waals surface area (Å²) in [7, 11) is 0. The maximum absolute atomic E-state index is 13.7. The van der Waals surface area contributed by atoms with Crippen molar-refractivity contribution in [3.8, 4) is 0 Å². The number of halogens is 3. The molecular weight excluding hydrogens is 1320 g/mol. The van der Waals surface area contributed by atoms with Gasteiger partial charge < -0.3 is 94.1 Å². The Morgan fingerprint density at radius 3 is 0.934 bits per heavy atom. The highest BCUT2D eigenvalue weighted by Crippen LogP contribution is 2.34. The maximum Gasteiger partial charge on any atom is 0.253 e. The van der Waals surface area contributed by atoms with Crippen molar-refractivity contribution in [2.24, 2.45) is 45.9 Å². The molecular formula is C48H88I3N17O8. The molecule has 1 rings (SSSR count). The van der Waals surface area contributed by atoms with Gasteiger partial charge in [-0.25, -0.2) is 0 Å². The Hall–Kier alpha value is -3.35. The van der Waals surface area contributed by atoms with E-state index in [1.807, 2.05) is 67.8 Å². The second kappa shape index (κ2) is 41.7. The first-order valence-corrected chi connectivity index (χ1v) is 29.6. The largest absolute Gasteiger partial charge is 0.397 e. The van der Waals surface area contributed by atoms with Crippen molar-refractivity contribution in [1.82, 2.24) is 42.5 Å². The lowest BCUT2D eigenvalue weighted by Crippen LogP contribution is -2.52. The molecule has 1 aromatic rings. The molecule has 6 unspecified atom stereocenters. The highest BCUT2D eigenvalue weighted by Gasteiger charge is 2.29. The molecule has 8 amide bonds. The lowest BCUT2D eigenvalue weighted by atomic mass is 10.1. The van der Waals surface area contributed by atoms with Crippen LogP contribution in [0.15, 0.2) is 0 Å². The van der Waals surface area contributed by atoms with Crippen LogP contribution in [0.2, 0.25) is 0 Å². The van der Waals surface area contributed by atoms with Gasteiger partial charge in [0.25, 0.3) is 11.8 Å². The predicted octanol–water partition coefficient (Wildman–Crippen LogP) is -1.86. The van der Waals surface area contributed by atoms with E-state index in [0.717, 1.165) is 25.7 Å². The number of nitrogens with two attached hydrogens (primary N) is 9. The third kappa shape index (κ3) is 28.0. The zero-order valence-electron chi connectivity index (χ0n) is 43.9. The fraction of sp³-hybridized carbons (Fsp3) is 0.708. The van der Waals surface area contributed by atoms with Crippen molar-refractivity contribution in [3.05, 3.63) is 21.8 Å². The first kappa shape index (κ1) is 70.7. The summed E-state index contributed by atoms with van der Waals surface area (Å²) in [4.78, 5) is 105. The van der Waals surface area contributed by atoms with E-state index in [2.05, 4.69) is 42.5 Å². The summed E-state index contributed by atoms with van der Waals surface area (Å²) in [6, 6.07) is -4.89. The van der Waals surface area contributed by atoms with E-state index < -0.39 is 71.7 Å². The summed E-state index contributed by atoms with van der Waals surface area (Å²) in [6.07, 6.45) is 9.99. The highest BCUT2D eigenvalue weighted by molar-refractivity contribution is 14.1. The summed E-state index contributed by atoms with van der Waals surface area (Å²) < 4.78 is 1.13. The first-order valence-electron chi connectivity index (χ1n) is 26.3. The van der Waals surface area contributed by atoms with E-state index in [1.54, 1.807) is 0 Å². The third-order valence-electron chi connectivity index (χ3n) is 12.2. The number of hydrogen-bond donors (Lipinski definition) is 17. The predicted molar refractivity (Wildman–Crippen MR) is 321 cm³/mol. The Kier molecular flexibility index (Phi) is 38.7. The van der Waals surface area contributed by atoms with Crippen molar-refractivity contribution < 1.29 is 38.4 Å². The Bertz CT molecular complexity index is 1850. The van der Waals surface area contributed by atoms with Crippen molar-refractivity contribution in [2.75, 3.05) is 71.2 Å². The van der Waals surface area contributed by atoms with Crippen LogP contribution in [0.4, 0.5) is 5.69 Å². The van der Waals surface area contributed by atoms with Crippen LogP contribution in [0.25, 0.3) is 0 Å². The second-order valence-corrected chi connectivity index (χ2v) is 21.7. The Morgan fingerprint density at radius 2 is 0.618 bits per heavy atom. The second-order valence-electron chi connectivity index (χ2n) is 18.5. The first-order chi connectivity index (χ1) is 36.3. The van der Waals surface area contributed by atoms with Gasteiger partial charge in [0.2, 0.25) is 35.4 Å². The quantitative estimate of drug-likeness (QED) is 0.0194. The van der Waals surface area contributed by atoms with Gasteiger partial charge in [-0.1, -0.05) is 25.7 Å². The number of unbranched alkanes of at least 4 members (excludes halogenated alkanes) is 6. The summed E-state index contributed by atoms with van der Waals surface area (Å²) >= 11 is 5.79. The molecule has 434 valence electrons.